The van der Waals surface area contributed by atoms with Crippen LogP contribution in [0.4, 0.5) is 5.13 Å². The van der Waals surface area contributed by atoms with Gasteiger partial charge in [-0.05, 0) is 54.5 Å². The highest BCUT2D eigenvalue weighted by Crippen LogP contribution is 2.34. The Balaban J connectivity index is 1.17. The Bertz CT molecular complexity index is 1450. The summed E-state index contributed by atoms with van der Waals surface area (Å²) >= 11 is 2.85. The first-order valence-electron chi connectivity index (χ1n) is 12.1. The zero-order valence-corrected chi connectivity index (χ0v) is 22.1. The van der Waals surface area contributed by atoms with E-state index < -0.39 is 0 Å². The number of pyridine rings is 1. The molecule has 2 aromatic carbocycles. The van der Waals surface area contributed by atoms with Crippen LogP contribution >= 0.6 is 23.1 Å². The molecule has 0 bridgehead atoms. The molecule has 4 aromatic rings. The molecule has 1 N–H and O–H groups in total. The van der Waals surface area contributed by atoms with Crippen molar-refractivity contribution in [3.63, 3.8) is 0 Å². The van der Waals surface area contributed by atoms with E-state index >= 15 is 0 Å². The fraction of sp³-hybridized carbons (Fsp3) is 0.241. The van der Waals surface area contributed by atoms with Crippen molar-refractivity contribution in [2.75, 3.05) is 18.2 Å². The van der Waals surface area contributed by atoms with E-state index in [1.165, 1.54) is 28.7 Å². The van der Waals surface area contributed by atoms with Gasteiger partial charge in [0.25, 0.3) is 0 Å². The van der Waals surface area contributed by atoms with Crippen molar-refractivity contribution in [2.24, 2.45) is 0 Å². The number of benzene rings is 2. The van der Waals surface area contributed by atoms with Crippen molar-refractivity contribution in [1.29, 1.82) is 5.26 Å². The van der Waals surface area contributed by atoms with Crippen LogP contribution in [-0.4, -0.2) is 28.7 Å². The Morgan fingerprint density at radius 2 is 2.05 bits per heavy atom. The molecule has 0 radical (unpaired) electrons. The molecule has 0 spiro atoms. The fourth-order valence-corrected chi connectivity index (χ4v) is 6.17. The van der Waals surface area contributed by atoms with Crippen LogP contribution < -0.4 is 10.1 Å². The molecule has 1 aliphatic rings. The number of nitrogens with one attached hydrogen (secondary N) is 1. The number of carbonyl (C=O) groups is 1. The average Bonchev–Trinajstić information content (AvgIpc) is 3.41. The van der Waals surface area contributed by atoms with Crippen LogP contribution in [0, 0.1) is 11.3 Å². The molecule has 0 saturated heterocycles. The van der Waals surface area contributed by atoms with E-state index in [0.29, 0.717) is 33.8 Å². The van der Waals surface area contributed by atoms with E-state index in [-0.39, 0.29) is 5.91 Å². The Morgan fingerprint density at radius 1 is 1.19 bits per heavy atom. The van der Waals surface area contributed by atoms with E-state index in [0.717, 1.165) is 47.5 Å². The van der Waals surface area contributed by atoms with Crippen molar-refractivity contribution in [2.45, 2.75) is 36.6 Å². The third-order valence-electron chi connectivity index (χ3n) is 6.43. The van der Waals surface area contributed by atoms with Gasteiger partial charge in [-0.1, -0.05) is 42.5 Å². The third kappa shape index (κ3) is 6.01. The molecule has 0 saturated carbocycles. The number of aromatic nitrogens is 2. The van der Waals surface area contributed by atoms with Gasteiger partial charge >= 0.3 is 0 Å². The number of hydrogen-bond acceptors (Lipinski definition) is 7. The number of nitrogens with zero attached hydrogens (tertiary/aromatic N) is 3. The zero-order valence-electron chi connectivity index (χ0n) is 20.4. The van der Waals surface area contributed by atoms with Gasteiger partial charge in [-0.3, -0.25) is 4.79 Å². The molecule has 2 aromatic heterocycles. The molecular weight excluding hydrogens is 500 g/mol. The highest BCUT2D eigenvalue weighted by Gasteiger charge is 2.23. The molecule has 2 heterocycles. The van der Waals surface area contributed by atoms with Crippen LogP contribution in [0.15, 0.2) is 71.1 Å². The van der Waals surface area contributed by atoms with Gasteiger partial charge in [-0.15, -0.1) is 23.1 Å². The molecule has 1 atom stereocenters. The molecule has 6 nitrogen and oxygen atoms in total. The zero-order chi connectivity index (χ0) is 25.6. The number of fused-ring (bicyclic) bond motifs is 1. The summed E-state index contributed by atoms with van der Waals surface area (Å²) in [6.07, 6.45) is 3.15. The van der Waals surface area contributed by atoms with E-state index in [1.807, 2.05) is 41.8 Å². The predicted octanol–water partition coefficient (Wildman–Crippen LogP) is 6.48. The van der Waals surface area contributed by atoms with Crippen molar-refractivity contribution in [3.8, 4) is 23.1 Å². The monoisotopic (exact) mass is 526 g/mol. The summed E-state index contributed by atoms with van der Waals surface area (Å²) in [5.41, 5.74) is 5.89. The third-order valence-corrected chi connectivity index (χ3v) is 8.18. The SMILES string of the molecule is COc1cccc(-c2csc(NC(=O)CCSc3nc4c(cc3C#N)CC(c3ccccc3)CC4)n2)c1. The lowest BCUT2D eigenvalue weighted by Gasteiger charge is -2.25. The quantitative estimate of drug-likeness (QED) is 0.265. The first-order valence-corrected chi connectivity index (χ1v) is 14.0. The molecule has 0 fully saturated rings. The number of amides is 1. The highest BCUT2D eigenvalue weighted by atomic mass is 32.2. The highest BCUT2D eigenvalue weighted by molar-refractivity contribution is 7.99. The maximum Gasteiger partial charge on any atom is 0.226 e. The van der Waals surface area contributed by atoms with E-state index in [4.69, 9.17) is 9.72 Å². The summed E-state index contributed by atoms with van der Waals surface area (Å²) in [6, 6.07) is 22.5. The Labute approximate surface area is 224 Å². The van der Waals surface area contributed by atoms with Gasteiger partial charge in [0.2, 0.25) is 5.91 Å². The molecule has 5 rings (SSSR count). The van der Waals surface area contributed by atoms with E-state index in [2.05, 4.69) is 40.6 Å². The van der Waals surface area contributed by atoms with E-state index in [1.54, 1.807) is 7.11 Å². The molecule has 8 heteroatoms. The average molecular weight is 527 g/mol. The molecule has 37 heavy (non-hydrogen) atoms. The number of aryl methyl sites for hydroxylation is 1. The predicted molar refractivity (Wildman–Crippen MR) is 148 cm³/mol. The Morgan fingerprint density at radius 3 is 2.86 bits per heavy atom. The van der Waals surface area contributed by atoms with Crippen LogP contribution in [0.1, 0.15) is 41.1 Å². The second-order valence-electron chi connectivity index (χ2n) is 8.83. The summed E-state index contributed by atoms with van der Waals surface area (Å²) in [7, 11) is 1.63. The van der Waals surface area contributed by atoms with E-state index in [9.17, 15) is 10.1 Å². The smallest absolute Gasteiger partial charge is 0.226 e. The molecule has 0 aliphatic heterocycles. The maximum absolute atomic E-state index is 12.5. The molecular formula is C29H26N4O2S2. The van der Waals surface area contributed by atoms with Gasteiger partial charge in [0.05, 0.1) is 18.4 Å². The minimum atomic E-state index is -0.110. The first-order chi connectivity index (χ1) is 18.1. The Hall–Kier alpha value is -3.67. The fourth-order valence-electron chi connectivity index (χ4n) is 4.51. The number of rotatable bonds is 8. The van der Waals surface area contributed by atoms with Crippen LogP contribution in [0.3, 0.4) is 0 Å². The summed E-state index contributed by atoms with van der Waals surface area (Å²) in [4.78, 5) is 21.9. The van der Waals surface area contributed by atoms with Gasteiger partial charge in [-0.25, -0.2) is 9.97 Å². The minimum absolute atomic E-state index is 0.110. The second kappa shape index (κ2) is 11.6. The van der Waals surface area contributed by atoms with Crippen LogP contribution in [0.2, 0.25) is 0 Å². The van der Waals surface area contributed by atoms with Gasteiger partial charge in [0.1, 0.15) is 16.8 Å². The summed E-state index contributed by atoms with van der Waals surface area (Å²) < 4.78 is 5.28. The Kier molecular flexibility index (Phi) is 7.83. The van der Waals surface area contributed by atoms with Gasteiger partial charge in [0.15, 0.2) is 5.13 Å². The number of nitriles is 1. The molecule has 186 valence electrons. The minimum Gasteiger partial charge on any atom is -0.497 e. The number of ether oxygens (including phenoxy) is 1. The maximum atomic E-state index is 12.5. The van der Waals surface area contributed by atoms with Crippen molar-refractivity contribution < 1.29 is 9.53 Å². The number of carbonyl (C=O) groups excluding carboxylic acids is 1. The molecule has 1 unspecified atom stereocenters. The first kappa shape index (κ1) is 25.0. The topological polar surface area (TPSA) is 87.9 Å². The van der Waals surface area contributed by atoms with Gasteiger partial charge in [0, 0.05) is 28.8 Å². The van der Waals surface area contributed by atoms with Crippen molar-refractivity contribution in [3.05, 3.63) is 88.4 Å². The largest absolute Gasteiger partial charge is 0.497 e. The summed E-state index contributed by atoms with van der Waals surface area (Å²) in [6.45, 7) is 0. The second-order valence-corrected chi connectivity index (χ2v) is 10.8. The number of anilines is 1. The van der Waals surface area contributed by atoms with Crippen molar-refractivity contribution >= 4 is 34.1 Å². The lowest BCUT2D eigenvalue weighted by atomic mass is 9.82. The normalized spacial score (nSPS) is 14.4. The van der Waals surface area contributed by atoms with Crippen LogP contribution in [-0.2, 0) is 17.6 Å². The standard InChI is InChI=1S/C29H26N4O2S2/c1-35-24-9-5-8-21(16-24)26-18-37-29(32-26)33-27(34)12-13-36-28-23(17-30)15-22-14-20(10-11-25(22)31-28)19-6-3-2-4-7-19/h2-9,15-16,18,20H,10-14H2,1H3,(H,32,33,34). The number of thiazole rings is 1. The molecule has 1 aliphatic carbocycles. The number of methoxy groups -OCH3 is 1. The lowest BCUT2D eigenvalue weighted by Crippen LogP contribution is -2.15. The molecule has 1 amide bonds. The van der Waals surface area contributed by atoms with Crippen LogP contribution in [0.25, 0.3) is 11.3 Å². The van der Waals surface area contributed by atoms with Crippen molar-refractivity contribution in [1.82, 2.24) is 9.97 Å². The van der Waals surface area contributed by atoms with Crippen LogP contribution in [0.5, 0.6) is 5.75 Å². The number of thioether (sulfide) groups is 1. The van der Waals surface area contributed by atoms with Gasteiger partial charge < -0.3 is 10.1 Å². The summed E-state index contributed by atoms with van der Waals surface area (Å²) in [5, 5.41) is 15.8. The van der Waals surface area contributed by atoms with Gasteiger partial charge in [-0.2, -0.15) is 5.26 Å². The summed E-state index contributed by atoms with van der Waals surface area (Å²) in [5.74, 6) is 1.64. The lowest BCUT2D eigenvalue weighted by molar-refractivity contribution is -0.115. The number of hydrogen-bond donors (Lipinski definition) is 1.